The van der Waals surface area contributed by atoms with Gasteiger partial charge in [0.2, 0.25) is 27.2 Å². The molecule has 0 atom stereocenters. The first-order chi connectivity index (χ1) is 35.4. The van der Waals surface area contributed by atoms with Crippen molar-refractivity contribution in [1.82, 2.24) is 10.2 Å². The van der Waals surface area contributed by atoms with Crippen LogP contribution in [0.25, 0.3) is 0 Å². The highest BCUT2D eigenvalue weighted by atomic mass is 35.5. The average molecular weight is 1120 g/mol. The van der Waals surface area contributed by atoms with E-state index in [1.807, 2.05) is 36.4 Å². The van der Waals surface area contributed by atoms with Crippen LogP contribution in [-0.4, -0.2) is 107 Å². The number of alkyl halides is 12. The van der Waals surface area contributed by atoms with Crippen LogP contribution in [-0.2, 0) is 9.47 Å². The zero-order valence-corrected chi connectivity index (χ0v) is 39.4. The standard InChI is InChI=1S/C24H21F6NO6.C20H21NO4.C4HClF6O2.CH4/c25-23(26,27)21(24(28,29)30)37-22(32)31-7-5-13(6-8-31)20(14-1-3-16-18(9-14)35-11-33-16)15-2-4-17-19(10-15)36-12-34-17;1-3-16-18(24-11-22-16)9-14(1)20(13-5-7-21-8-6-13)15-2-4-17-19(10-15)25-12-23-17;5-2(12)13-1(3(6,7)8)4(9,10)11;/h1-4,9-10,13,20-21H,5-8,11-12H2;1-4,9-10,13,20-21H,5-8,11-12H2;1H;1H4. The molecule has 6 aliphatic rings. The number of likely N-dealkylation sites (tertiary alicyclic amines) is 1. The molecule has 0 bridgehead atoms. The van der Waals surface area contributed by atoms with Crippen LogP contribution < -0.4 is 43.2 Å². The lowest BCUT2D eigenvalue weighted by molar-refractivity contribution is -0.308. The lowest BCUT2D eigenvalue weighted by atomic mass is 9.76. The van der Waals surface area contributed by atoms with Crippen LogP contribution in [0.4, 0.5) is 62.3 Å². The summed E-state index contributed by atoms with van der Waals surface area (Å²) in [5, 5.41) is 3.47. The highest BCUT2D eigenvalue weighted by Gasteiger charge is 2.61. The molecule has 0 unspecified atom stereocenters. The lowest BCUT2D eigenvalue weighted by Crippen LogP contribution is -2.49. The summed E-state index contributed by atoms with van der Waals surface area (Å²) < 4.78 is 197. The molecule has 0 saturated carbocycles. The number of piperidine rings is 2. The Bertz CT molecular complexity index is 2520. The van der Waals surface area contributed by atoms with Crippen LogP contribution in [0.2, 0.25) is 0 Å². The molecule has 2 saturated heterocycles. The van der Waals surface area contributed by atoms with E-state index in [-0.39, 0.29) is 45.9 Å². The predicted molar refractivity (Wildman–Crippen MR) is 241 cm³/mol. The minimum absolute atomic E-state index is 0. The van der Waals surface area contributed by atoms with Crippen molar-refractivity contribution >= 4 is 23.1 Å². The molecule has 0 aromatic heterocycles. The number of fused-ring (bicyclic) bond motifs is 4. The first kappa shape index (κ1) is 57.1. The molecule has 1 amide bonds. The molecule has 4 aromatic carbocycles. The second-order valence-electron chi connectivity index (χ2n) is 17.5. The van der Waals surface area contributed by atoms with Gasteiger partial charge in [0.05, 0.1) is 0 Å². The van der Waals surface area contributed by atoms with Crippen molar-refractivity contribution in [1.29, 1.82) is 0 Å². The van der Waals surface area contributed by atoms with Crippen LogP contribution in [0.1, 0.15) is 67.2 Å². The van der Waals surface area contributed by atoms with Crippen molar-refractivity contribution in [3.05, 3.63) is 95.1 Å². The van der Waals surface area contributed by atoms with Gasteiger partial charge in [-0.2, -0.15) is 52.7 Å². The highest BCUT2D eigenvalue weighted by molar-refractivity contribution is 6.61. The van der Waals surface area contributed by atoms with Gasteiger partial charge in [0.1, 0.15) is 0 Å². The highest BCUT2D eigenvalue weighted by Crippen LogP contribution is 2.47. The molecule has 0 spiro atoms. The number of amides is 1. The van der Waals surface area contributed by atoms with Crippen LogP contribution in [0, 0.1) is 11.8 Å². The molecule has 1 N–H and O–H groups in total. The molecule has 0 radical (unpaired) electrons. The smallest absolute Gasteiger partial charge is 0.434 e. The van der Waals surface area contributed by atoms with Crippen molar-refractivity contribution in [3.8, 4) is 46.0 Å². The first-order valence-electron chi connectivity index (χ1n) is 22.8. The fraction of sp³-hybridized carbons (Fsp3) is 0.469. The Kier molecular flexibility index (Phi) is 17.6. The van der Waals surface area contributed by atoms with Gasteiger partial charge >= 0.3 is 36.2 Å². The van der Waals surface area contributed by atoms with Gasteiger partial charge in [-0.3, -0.25) is 0 Å². The van der Waals surface area contributed by atoms with E-state index in [2.05, 4.69) is 50.7 Å². The maximum absolute atomic E-state index is 12.8. The third kappa shape index (κ3) is 13.7. The Morgan fingerprint density at radius 3 is 1.05 bits per heavy atom. The molecule has 76 heavy (non-hydrogen) atoms. The van der Waals surface area contributed by atoms with Crippen molar-refractivity contribution in [3.63, 3.8) is 0 Å². The van der Waals surface area contributed by atoms with Gasteiger partial charge in [0.25, 0.3) is 12.2 Å². The Balaban J connectivity index is 0.000000186. The second-order valence-corrected chi connectivity index (χ2v) is 17.8. The van der Waals surface area contributed by atoms with E-state index in [0.717, 1.165) is 65.0 Å². The van der Waals surface area contributed by atoms with Crippen molar-refractivity contribution in [2.45, 2.75) is 81.9 Å². The third-order valence-electron chi connectivity index (χ3n) is 12.8. The number of nitrogens with one attached hydrogen (secondary N) is 1. The van der Waals surface area contributed by atoms with E-state index in [1.165, 1.54) is 11.1 Å². The molecule has 2 fully saturated rings. The monoisotopic (exact) mass is 1120 g/mol. The van der Waals surface area contributed by atoms with Gasteiger partial charge in [0.15, 0.2) is 46.0 Å². The van der Waals surface area contributed by atoms with Gasteiger partial charge in [-0.05, 0) is 121 Å². The lowest BCUT2D eigenvalue weighted by Gasteiger charge is -2.37. The van der Waals surface area contributed by atoms with Gasteiger partial charge in [0, 0.05) is 36.5 Å². The molecule has 27 heteroatoms. The summed E-state index contributed by atoms with van der Waals surface area (Å²) in [4.78, 5) is 22.8. The maximum Gasteiger partial charge on any atom is 0.434 e. The zero-order valence-electron chi connectivity index (χ0n) is 38.6. The molecule has 6 heterocycles. The van der Waals surface area contributed by atoms with Gasteiger partial charge in [-0.25, -0.2) is 9.59 Å². The number of rotatable bonds is 8. The van der Waals surface area contributed by atoms with Crippen LogP contribution in [0.3, 0.4) is 0 Å². The molecule has 4 aromatic rings. The maximum atomic E-state index is 12.8. The predicted octanol–water partition coefficient (Wildman–Crippen LogP) is 12.4. The van der Waals surface area contributed by atoms with Crippen LogP contribution in [0.5, 0.6) is 46.0 Å². The number of benzene rings is 4. The summed E-state index contributed by atoms with van der Waals surface area (Å²) in [6.45, 7) is 2.78. The SMILES string of the molecule is C.O=C(Cl)OC(C(F)(F)F)C(F)(F)F.O=C(OC(C(F)(F)F)C(F)(F)F)N1CCC(C(c2ccc3c(c2)OCO3)c2ccc3c(c2)OCO3)CC1.c1cc2c(cc1C(c1ccc3c(c1)OCO3)C1CCNCC1)OCO2. The molecular weight excluding hydrogens is 1070 g/mol. The Morgan fingerprint density at radius 1 is 0.474 bits per heavy atom. The molecule has 0 aliphatic carbocycles. The van der Waals surface area contributed by atoms with Crippen molar-refractivity contribution < 1.29 is 110 Å². The zero-order chi connectivity index (χ0) is 53.9. The summed E-state index contributed by atoms with van der Waals surface area (Å²) >= 11 is 4.22. The number of hydrogen-bond donors (Lipinski definition) is 1. The third-order valence-corrected chi connectivity index (χ3v) is 12.9. The van der Waals surface area contributed by atoms with Gasteiger partial charge in [-0.1, -0.05) is 31.7 Å². The molecule has 416 valence electrons. The Morgan fingerprint density at radius 2 is 0.763 bits per heavy atom. The minimum Gasteiger partial charge on any atom is -0.454 e. The summed E-state index contributed by atoms with van der Waals surface area (Å²) in [5.41, 5.74) is 2.13. The van der Waals surface area contributed by atoms with Gasteiger partial charge in [-0.15, -0.1) is 0 Å². The van der Waals surface area contributed by atoms with Crippen LogP contribution in [0.15, 0.2) is 72.8 Å². The van der Waals surface area contributed by atoms with E-state index in [4.69, 9.17) is 37.9 Å². The number of hydrogen-bond acceptors (Lipinski definition) is 13. The number of halogens is 13. The van der Waals surface area contributed by atoms with Crippen molar-refractivity contribution in [2.24, 2.45) is 11.8 Å². The average Bonchev–Trinajstić information content (AvgIpc) is 4.20. The Hall–Kier alpha value is -6.57. The van der Waals surface area contributed by atoms with Gasteiger partial charge < -0.3 is 57.6 Å². The van der Waals surface area contributed by atoms with E-state index in [9.17, 15) is 62.3 Å². The van der Waals surface area contributed by atoms with E-state index >= 15 is 0 Å². The van der Waals surface area contributed by atoms with Crippen LogP contribution >= 0.6 is 11.6 Å². The number of carbonyl (C=O) groups excluding carboxylic acids is 2. The minimum atomic E-state index is -5.77. The Labute approximate surface area is 430 Å². The van der Waals surface area contributed by atoms with E-state index < -0.39 is 48.4 Å². The quantitative estimate of drug-likeness (QED) is 0.132. The summed E-state index contributed by atoms with van der Waals surface area (Å²) in [7, 11) is 0. The molecule has 14 nitrogen and oxygen atoms in total. The number of ether oxygens (including phenoxy) is 10. The summed E-state index contributed by atoms with van der Waals surface area (Å²) in [5.74, 6) is 6.22. The molecular formula is C49H47ClF12N2O12. The fourth-order valence-electron chi connectivity index (χ4n) is 9.40. The second kappa shape index (κ2) is 23.4. The fourth-order valence-corrected chi connectivity index (χ4v) is 9.49. The summed E-state index contributed by atoms with van der Waals surface area (Å²) in [6, 6.07) is 23.7. The first-order valence-corrected chi connectivity index (χ1v) is 23.2. The largest absolute Gasteiger partial charge is 0.454 e. The molecule has 10 rings (SSSR count). The molecule has 6 aliphatic heterocycles. The topological polar surface area (TPSA) is 142 Å². The van der Waals surface area contributed by atoms with E-state index in [0.29, 0.717) is 61.3 Å². The summed E-state index contributed by atoms with van der Waals surface area (Å²) in [6.07, 6.45) is -30.0. The van der Waals surface area contributed by atoms with Crippen molar-refractivity contribution in [2.75, 3.05) is 53.4 Å². The number of nitrogens with zero attached hydrogens (tertiary/aromatic N) is 1. The normalized spacial score (nSPS) is 17.0. The number of carbonyl (C=O) groups is 2. The van der Waals surface area contributed by atoms with E-state index in [1.54, 1.807) is 12.1 Å².